The number of piperidine rings is 1. The molecular formula is C24H26ClN3O4S. The number of carbonyl (C=O) groups excluding carboxylic acids is 4. The highest BCUT2D eigenvalue weighted by Crippen LogP contribution is 2.33. The number of imide groups is 1. The second-order valence-electron chi connectivity index (χ2n) is 8.70. The maximum atomic E-state index is 12.8. The number of amides is 4. The zero-order valence-corrected chi connectivity index (χ0v) is 20.1. The fraction of sp³-hybridized carbons (Fsp3) is 0.417. The van der Waals surface area contributed by atoms with Gasteiger partial charge in [0.15, 0.2) is 0 Å². The van der Waals surface area contributed by atoms with Gasteiger partial charge in [-0.25, -0.2) is 0 Å². The number of aryl methyl sites for hydroxylation is 2. The summed E-state index contributed by atoms with van der Waals surface area (Å²) < 4.78 is 0. The van der Waals surface area contributed by atoms with Gasteiger partial charge in [-0.3, -0.25) is 24.5 Å². The number of nitrogens with zero attached hydrogens (tertiary/aromatic N) is 1. The summed E-state index contributed by atoms with van der Waals surface area (Å²) >= 11 is 7.74. The summed E-state index contributed by atoms with van der Waals surface area (Å²) in [5.74, 6) is -1.16. The SMILES string of the molecule is Cc1ccc(CCC(C)C(=O)NCc2scc3c2CN(C2CCC(=O)NC2=O)C3=O)c(Cl)c1. The van der Waals surface area contributed by atoms with E-state index in [2.05, 4.69) is 10.6 Å². The number of fused-ring (bicyclic) bond motifs is 1. The van der Waals surface area contributed by atoms with Crippen LogP contribution in [0, 0.1) is 12.8 Å². The van der Waals surface area contributed by atoms with Crippen molar-refractivity contribution in [2.24, 2.45) is 5.92 Å². The minimum absolute atomic E-state index is 0.0493. The largest absolute Gasteiger partial charge is 0.351 e. The molecule has 1 fully saturated rings. The van der Waals surface area contributed by atoms with Gasteiger partial charge < -0.3 is 10.2 Å². The van der Waals surface area contributed by atoms with Crippen LogP contribution in [0.25, 0.3) is 0 Å². The average Bonchev–Trinajstić information content (AvgIpc) is 3.31. The third-order valence-electron chi connectivity index (χ3n) is 6.31. The number of nitrogens with one attached hydrogen (secondary N) is 2. The van der Waals surface area contributed by atoms with Crippen LogP contribution in [0.15, 0.2) is 23.6 Å². The van der Waals surface area contributed by atoms with Gasteiger partial charge in [-0.15, -0.1) is 11.3 Å². The molecule has 0 spiro atoms. The molecule has 33 heavy (non-hydrogen) atoms. The van der Waals surface area contributed by atoms with Crippen molar-refractivity contribution in [1.29, 1.82) is 0 Å². The lowest BCUT2D eigenvalue weighted by Gasteiger charge is -2.29. The van der Waals surface area contributed by atoms with E-state index in [0.29, 0.717) is 31.5 Å². The molecule has 4 rings (SSSR count). The van der Waals surface area contributed by atoms with Crippen molar-refractivity contribution in [3.63, 3.8) is 0 Å². The summed E-state index contributed by atoms with van der Waals surface area (Å²) in [6.45, 7) is 4.54. The molecule has 2 N–H and O–H groups in total. The van der Waals surface area contributed by atoms with Gasteiger partial charge in [-0.05, 0) is 48.9 Å². The van der Waals surface area contributed by atoms with Crippen LogP contribution in [0.2, 0.25) is 5.02 Å². The molecule has 2 aliphatic rings. The number of rotatable bonds is 7. The summed E-state index contributed by atoms with van der Waals surface area (Å²) in [4.78, 5) is 51.5. The van der Waals surface area contributed by atoms with Gasteiger partial charge in [0.05, 0.1) is 12.1 Å². The third-order valence-corrected chi connectivity index (χ3v) is 7.69. The maximum Gasteiger partial charge on any atom is 0.256 e. The fourth-order valence-corrected chi connectivity index (χ4v) is 5.56. The highest BCUT2D eigenvalue weighted by molar-refractivity contribution is 7.10. The molecule has 1 aromatic carbocycles. The van der Waals surface area contributed by atoms with Gasteiger partial charge in [-0.1, -0.05) is 30.7 Å². The van der Waals surface area contributed by atoms with Crippen LogP contribution in [0.3, 0.4) is 0 Å². The van der Waals surface area contributed by atoms with E-state index in [0.717, 1.165) is 33.0 Å². The van der Waals surface area contributed by atoms with E-state index in [1.165, 1.54) is 16.2 Å². The third kappa shape index (κ3) is 4.96. The Morgan fingerprint density at radius 3 is 2.85 bits per heavy atom. The Morgan fingerprint density at radius 2 is 2.12 bits per heavy atom. The molecular weight excluding hydrogens is 462 g/mol. The van der Waals surface area contributed by atoms with Crippen molar-refractivity contribution < 1.29 is 19.2 Å². The first-order chi connectivity index (χ1) is 15.7. The van der Waals surface area contributed by atoms with Crippen LogP contribution in [-0.4, -0.2) is 34.6 Å². The van der Waals surface area contributed by atoms with Crippen molar-refractivity contribution in [3.8, 4) is 0 Å². The van der Waals surface area contributed by atoms with Crippen LogP contribution in [0.1, 0.15) is 58.1 Å². The van der Waals surface area contributed by atoms with E-state index in [-0.39, 0.29) is 30.1 Å². The molecule has 2 atom stereocenters. The average molecular weight is 488 g/mol. The number of halogens is 1. The van der Waals surface area contributed by atoms with E-state index >= 15 is 0 Å². The van der Waals surface area contributed by atoms with Crippen molar-refractivity contribution >= 4 is 46.6 Å². The van der Waals surface area contributed by atoms with E-state index in [4.69, 9.17) is 11.6 Å². The lowest BCUT2D eigenvalue weighted by atomic mass is 9.99. The number of hydrogen-bond acceptors (Lipinski definition) is 5. The lowest BCUT2D eigenvalue weighted by Crippen LogP contribution is -2.52. The Bertz CT molecular complexity index is 1130. The predicted molar refractivity (Wildman–Crippen MR) is 126 cm³/mol. The Hall–Kier alpha value is -2.71. The summed E-state index contributed by atoms with van der Waals surface area (Å²) in [7, 11) is 0. The molecule has 7 nitrogen and oxygen atoms in total. The zero-order valence-electron chi connectivity index (χ0n) is 18.6. The maximum absolute atomic E-state index is 12.8. The number of carbonyl (C=O) groups is 4. The van der Waals surface area contributed by atoms with Crippen LogP contribution >= 0.6 is 22.9 Å². The van der Waals surface area contributed by atoms with Gasteiger partial charge >= 0.3 is 0 Å². The van der Waals surface area contributed by atoms with E-state index in [9.17, 15) is 19.2 Å². The first-order valence-corrected chi connectivity index (χ1v) is 12.3. The summed E-state index contributed by atoms with van der Waals surface area (Å²) in [6, 6.07) is 5.31. The smallest absolute Gasteiger partial charge is 0.256 e. The summed E-state index contributed by atoms with van der Waals surface area (Å²) in [6.07, 6.45) is 1.96. The van der Waals surface area contributed by atoms with Crippen molar-refractivity contribution in [2.75, 3.05) is 0 Å². The Morgan fingerprint density at radius 1 is 1.33 bits per heavy atom. The van der Waals surface area contributed by atoms with Gasteiger partial charge in [0, 0.05) is 34.2 Å². The predicted octanol–water partition coefficient (Wildman–Crippen LogP) is 3.36. The van der Waals surface area contributed by atoms with Crippen LogP contribution < -0.4 is 10.6 Å². The molecule has 4 amide bonds. The topological polar surface area (TPSA) is 95.6 Å². The Kier molecular flexibility index (Phi) is 6.86. The molecule has 1 aromatic heterocycles. The number of benzene rings is 1. The summed E-state index contributed by atoms with van der Waals surface area (Å²) in [5, 5.41) is 7.80. The monoisotopic (exact) mass is 487 g/mol. The first-order valence-electron chi connectivity index (χ1n) is 11.0. The molecule has 174 valence electrons. The van der Waals surface area contributed by atoms with Crippen LogP contribution in [-0.2, 0) is 33.9 Å². The molecule has 2 unspecified atom stereocenters. The summed E-state index contributed by atoms with van der Waals surface area (Å²) in [5.41, 5.74) is 3.57. The molecule has 0 radical (unpaired) electrons. The van der Waals surface area contributed by atoms with Gasteiger partial charge in [0.25, 0.3) is 5.91 Å². The zero-order chi connectivity index (χ0) is 23.7. The highest BCUT2D eigenvalue weighted by Gasteiger charge is 2.40. The molecule has 2 aliphatic heterocycles. The highest BCUT2D eigenvalue weighted by atomic mass is 35.5. The lowest BCUT2D eigenvalue weighted by molar-refractivity contribution is -0.137. The fourth-order valence-electron chi connectivity index (χ4n) is 4.25. The normalized spacial score (nSPS) is 18.8. The second kappa shape index (κ2) is 9.65. The molecule has 2 aromatic rings. The van der Waals surface area contributed by atoms with E-state index < -0.39 is 11.9 Å². The molecule has 0 saturated carbocycles. The quantitative estimate of drug-likeness (QED) is 0.585. The van der Waals surface area contributed by atoms with E-state index in [1.807, 2.05) is 32.0 Å². The molecule has 3 heterocycles. The van der Waals surface area contributed by atoms with Gasteiger partial charge in [-0.2, -0.15) is 0 Å². The first kappa shape index (κ1) is 23.4. The van der Waals surface area contributed by atoms with Crippen LogP contribution in [0.5, 0.6) is 0 Å². The second-order valence-corrected chi connectivity index (χ2v) is 10.1. The minimum atomic E-state index is -0.635. The van der Waals surface area contributed by atoms with Gasteiger partial charge in [0.1, 0.15) is 6.04 Å². The number of hydrogen-bond donors (Lipinski definition) is 2. The number of thiophene rings is 1. The Labute approximate surface area is 201 Å². The van der Waals surface area contributed by atoms with Crippen LogP contribution in [0.4, 0.5) is 0 Å². The molecule has 1 saturated heterocycles. The molecule has 0 aliphatic carbocycles. The van der Waals surface area contributed by atoms with Crippen molar-refractivity contribution in [1.82, 2.24) is 15.5 Å². The standard InChI is InChI=1S/C24H26ClN3O4S/c1-13-3-5-15(18(25)9-13)6-4-14(2)22(30)26-10-20-16-11-28(24(32)17(16)12-33-20)19-7-8-21(29)27-23(19)31/h3,5,9,12,14,19H,4,6-8,10-11H2,1-2H3,(H,26,30)(H,27,29,31). The van der Waals surface area contributed by atoms with Crippen molar-refractivity contribution in [2.45, 2.75) is 58.7 Å². The van der Waals surface area contributed by atoms with Gasteiger partial charge in [0.2, 0.25) is 17.7 Å². The van der Waals surface area contributed by atoms with E-state index in [1.54, 1.807) is 5.38 Å². The minimum Gasteiger partial charge on any atom is -0.351 e. The molecule has 9 heteroatoms. The molecule has 0 bridgehead atoms. The van der Waals surface area contributed by atoms with Crippen molar-refractivity contribution in [3.05, 3.63) is 55.7 Å². The Balaban J connectivity index is 1.33.